The van der Waals surface area contributed by atoms with Gasteiger partial charge in [-0.3, -0.25) is 0 Å². The quantitative estimate of drug-likeness (QED) is 0.689. The van der Waals surface area contributed by atoms with E-state index in [1.165, 1.54) is 6.07 Å². The van der Waals surface area contributed by atoms with Gasteiger partial charge in [-0.1, -0.05) is 28.1 Å². The minimum Gasteiger partial charge on any atom is -0.496 e. The second kappa shape index (κ2) is 6.91. The molecule has 0 saturated heterocycles. The first-order valence-corrected chi connectivity index (χ1v) is 8.14. The molecule has 0 atom stereocenters. The first-order chi connectivity index (χ1) is 12.0. The van der Waals surface area contributed by atoms with Gasteiger partial charge in [0.25, 0.3) is 0 Å². The third kappa shape index (κ3) is 3.19. The van der Waals surface area contributed by atoms with Gasteiger partial charge in [-0.15, -0.1) is 0 Å². The van der Waals surface area contributed by atoms with E-state index in [9.17, 15) is 9.65 Å². The summed E-state index contributed by atoms with van der Waals surface area (Å²) in [6.07, 6.45) is 0. The van der Waals surface area contributed by atoms with Crippen LogP contribution >= 0.6 is 15.9 Å². The second-order valence-corrected chi connectivity index (χ2v) is 6.17. The number of pyridine rings is 1. The van der Waals surface area contributed by atoms with E-state index in [-0.39, 0.29) is 16.9 Å². The predicted octanol–water partition coefficient (Wildman–Crippen LogP) is 4.78. The number of methoxy groups -OCH3 is 1. The zero-order chi connectivity index (χ0) is 18.0. The van der Waals surface area contributed by atoms with Gasteiger partial charge in [0.1, 0.15) is 29.0 Å². The molecule has 1 aromatic heterocycles. The molecule has 4 nitrogen and oxygen atoms in total. The van der Waals surface area contributed by atoms with E-state index in [1.54, 1.807) is 31.4 Å². The smallest absolute Gasteiger partial charge is 0.142 e. The summed E-state index contributed by atoms with van der Waals surface area (Å²) in [5, 5.41) is 9.45. The molecule has 0 aliphatic rings. The van der Waals surface area contributed by atoms with Crippen molar-refractivity contribution in [1.82, 2.24) is 4.98 Å². The maximum atomic E-state index is 14.4. The Balaban J connectivity index is 2.31. The van der Waals surface area contributed by atoms with Crippen LogP contribution in [0.25, 0.3) is 22.4 Å². The van der Waals surface area contributed by atoms with E-state index >= 15 is 0 Å². The van der Waals surface area contributed by atoms with Crippen LogP contribution in [-0.4, -0.2) is 12.1 Å². The highest BCUT2D eigenvalue weighted by atomic mass is 79.9. The Kier molecular flexibility index (Phi) is 4.68. The Hall–Kier alpha value is -2.91. The molecule has 0 amide bonds. The SMILES string of the molecule is COc1ccccc1-c1cc(-c2cc(Br)ccc2F)c(C#N)c(N)n1. The number of anilines is 1. The lowest BCUT2D eigenvalue weighted by Crippen LogP contribution is -2.01. The van der Waals surface area contributed by atoms with E-state index in [4.69, 9.17) is 10.5 Å². The zero-order valence-corrected chi connectivity index (χ0v) is 14.8. The number of hydrogen-bond acceptors (Lipinski definition) is 4. The third-order valence-electron chi connectivity index (χ3n) is 3.76. The van der Waals surface area contributed by atoms with Gasteiger partial charge in [0.2, 0.25) is 0 Å². The molecule has 0 fully saturated rings. The zero-order valence-electron chi connectivity index (χ0n) is 13.3. The monoisotopic (exact) mass is 397 g/mol. The van der Waals surface area contributed by atoms with Crippen LogP contribution in [0.15, 0.2) is 53.0 Å². The Morgan fingerprint density at radius 1 is 1.12 bits per heavy atom. The van der Waals surface area contributed by atoms with Gasteiger partial charge in [-0.25, -0.2) is 9.37 Å². The van der Waals surface area contributed by atoms with Crippen molar-refractivity contribution in [2.75, 3.05) is 12.8 Å². The molecule has 25 heavy (non-hydrogen) atoms. The van der Waals surface area contributed by atoms with Gasteiger partial charge >= 0.3 is 0 Å². The van der Waals surface area contributed by atoms with Crippen LogP contribution < -0.4 is 10.5 Å². The molecule has 2 aromatic carbocycles. The molecule has 0 saturated carbocycles. The molecule has 0 radical (unpaired) electrons. The summed E-state index contributed by atoms with van der Waals surface area (Å²) >= 11 is 3.33. The van der Waals surface area contributed by atoms with Crippen molar-refractivity contribution in [3.63, 3.8) is 0 Å². The Morgan fingerprint density at radius 3 is 2.60 bits per heavy atom. The average Bonchev–Trinajstić information content (AvgIpc) is 2.63. The molecule has 0 bridgehead atoms. The summed E-state index contributed by atoms with van der Waals surface area (Å²) in [4.78, 5) is 4.30. The summed E-state index contributed by atoms with van der Waals surface area (Å²) < 4.78 is 20.4. The largest absolute Gasteiger partial charge is 0.496 e. The molecule has 2 N–H and O–H groups in total. The molecule has 0 unspecified atom stereocenters. The van der Waals surface area contributed by atoms with Crippen LogP contribution in [0.1, 0.15) is 5.56 Å². The van der Waals surface area contributed by atoms with Crippen LogP contribution in [0, 0.1) is 17.1 Å². The Labute approximate surface area is 152 Å². The summed E-state index contributed by atoms with van der Waals surface area (Å²) in [5.74, 6) is 0.205. The lowest BCUT2D eigenvalue weighted by molar-refractivity contribution is 0.416. The van der Waals surface area contributed by atoms with Crippen molar-refractivity contribution >= 4 is 21.7 Å². The number of halogens is 2. The number of benzene rings is 2. The van der Waals surface area contributed by atoms with E-state index in [1.807, 2.05) is 24.3 Å². The highest BCUT2D eigenvalue weighted by Crippen LogP contribution is 2.36. The molecular formula is C19H13BrFN3O. The first kappa shape index (κ1) is 16.9. The minimum absolute atomic E-state index is 0.0419. The first-order valence-electron chi connectivity index (χ1n) is 7.34. The van der Waals surface area contributed by atoms with Crippen molar-refractivity contribution < 1.29 is 9.13 Å². The van der Waals surface area contributed by atoms with Crippen molar-refractivity contribution in [2.45, 2.75) is 0 Å². The van der Waals surface area contributed by atoms with Crippen molar-refractivity contribution in [1.29, 1.82) is 5.26 Å². The number of para-hydroxylation sites is 1. The van der Waals surface area contributed by atoms with Crippen LogP contribution in [0.2, 0.25) is 0 Å². The molecule has 0 spiro atoms. The molecule has 6 heteroatoms. The highest BCUT2D eigenvalue weighted by Gasteiger charge is 2.18. The van der Waals surface area contributed by atoms with Gasteiger partial charge in [0, 0.05) is 21.2 Å². The number of aromatic nitrogens is 1. The number of hydrogen-bond donors (Lipinski definition) is 1. The second-order valence-electron chi connectivity index (χ2n) is 5.25. The maximum Gasteiger partial charge on any atom is 0.142 e. The van der Waals surface area contributed by atoms with E-state index in [0.29, 0.717) is 27.0 Å². The van der Waals surface area contributed by atoms with Gasteiger partial charge in [0.15, 0.2) is 0 Å². The average molecular weight is 398 g/mol. The van der Waals surface area contributed by atoms with E-state index in [2.05, 4.69) is 20.9 Å². The van der Waals surface area contributed by atoms with Gasteiger partial charge in [-0.05, 0) is 36.4 Å². The van der Waals surface area contributed by atoms with Gasteiger partial charge in [-0.2, -0.15) is 5.26 Å². The topological polar surface area (TPSA) is 71.9 Å². The number of ether oxygens (including phenoxy) is 1. The molecular weight excluding hydrogens is 385 g/mol. The van der Waals surface area contributed by atoms with Crippen molar-refractivity contribution in [3.05, 3.63) is 64.4 Å². The van der Waals surface area contributed by atoms with Crippen molar-refractivity contribution in [3.8, 4) is 34.2 Å². The van der Waals surface area contributed by atoms with Crippen LogP contribution in [-0.2, 0) is 0 Å². The Morgan fingerprint density at radius 2 is 1.88 bits per heavy atom. The minimum atomic E-state index is -0.448. The lowest BCUT2D eigenvalue weighted by Gasteiger charge is -2.13. The summed E-state index contributed by atoms with van der Waals surface area (Å²) in [6, 6.07) is 15.5. The van der Waals surface area contributed by atoms with Crippen LogP contribution in [0.3, 0.4) is 0 Å². The fourth-order valence-electron chi connectivity index (χ4n) is 2.59. The summed E-state index contributed by atoms with van der Waals surface area (Å²) in [6.45, 7) is 0. The summed E-state index contributed by atoms with van der Waals surface area (Å²) in [7, 11) is 1.56. The number of nitrogens with zero attached hydrogens (tertiary/aromatic N) is 2. The molecule has 3 aromatic rings. The third-order valence-corrected chi connectivity index (χ3v) is 4.25. The standard InChI is InChI=1S/C19H13BrFN3O/c1-25-18-5-3-2-4-12(18)17-9-13(15(10-22)19(23)24-17)14-8-11(20)6-7-16(14)21/h2-9H,1H3,(H2,23,24). The van der Waals surface area contributed by atoms with Crippen LogP contribution in [0.4, 0.5) is 10.2 Å². The molecule has 0 aliphatic carbocycles. The fraction of sp³-hybridized carbons (Fsp3) is 0.0526. The van der Waals surface area contributed by atoms with Gasteiger partial charge < -0.3 is 10.5 Å². The number of nitrogen functional groups attached to an aromatic ring is 1. The predicted molar refractivity (Wildman–Crippen MR) is 98.4 cm³/mol. The molecule has 1 heterocycles. The maximum absolute atomic E-state index is 14.4. The summed E-state index contributed by atoms with van der Waals surface area (Å²) in [5.41, 5.74) is 7.98. The Bertz CT molecular complexity index is 998. The normalized spacial score (nSPS) is 10.3. The number of rotatable bonds is 3. The number of nitrogens with two attached hydrogens (primary N) is 1. The lowest BCUT2D eigenvalue weighted by atomic mass is 9.98. The number of nitriles is 1. The van der Waals surface area contributed by atoms with Crippen LogP contribution in [0.5, 0.6) is 5.75 Å². The fourth-order valence-corrected chi connectivity index (χ4v) is 2.95. The van der Waals surface area contributed by atoms with E-state index in [0.717, 1.165) is 0 Å². The molecule has 0 aliphatic heterocycles. The highest BCUT2D eigenvalue weighted by molar-refractivity contribution is 9.10. The van der Waals surface area contributed by atoms with E-state index < -0.39 is 5.82 Å². The molecule has 124 valence electrons. The molecule has 3 rings (SSSR count). The van der Waals surface area contributed by atoms with Crippen molar-refractivity contribution in [2.24, 2.45) is 0 Å². The van der Waals surface area contributed by atoms with Gasteiger partial charge in [0.05, 0.1) is 12.8 Å².